The molecule has 43 heavy (non-hydrogen) atoms. The van der Waals surface area contributed by atoms with Gasteiger partial charge in [0.1, 0.15) is 0 Å². The lowest BCUT2D eigenvalue weighted by Crippen LogP contribution is -2.05. The summed E-state index contributed by atoms with van der Waals surface area (Å²) in [5.41, 5.74) is 0. The van der Waals surface area contributed by atoms with Crippen LogP contribution in [0.4, 0.5) is 0 Å². The summed E-state index contributed by atoms with van der Waals surface area (Å²) in [6.45, 7) is 7.38. The van der Waals surface area contributed by atoms with E-state index in [1.165, 1.54) is 173 Å². The Kier molecular flexibility index (Phi) is 42.0. The molecular weight excluding hydrogens is 532 g/mol. The number of carbonyl (C=O) groups is 2. The van der Waals surface area contributed by atoms with Gasteiger partial charge in [0.2, 0.25) is 0 Å². The SMILES string of the molecule is CCCCCCCCCCCCCC(=O)O.CCCCCCCCCCCCCCCCCC(=O)OCCCCCCC. The summed E-state index contributed by atoms with van der Waals surface area (Å²) < 4.78 is 5.30. The first-order valence-electron chi connectivity index (χ1n) is 19.5. The van der Waals surface area contributed by atoms with E-state index in [0.29, 0.717) is 19.4 Å². The molecule has 0 aliphatic carbocycles. The van der Waals surface area contributed by atoms with Crippen molar-refractivity contribution in [1.82, 2.24) is 0 Å². The molecule has 0 radical (unpaired) electrons. The van der Waals surface area contributed by atoms with Crippen molar-refractivity contribution in [2.24, 2.45) is 0 Å². The monoisotopic (exact) mass is 611 g/mol. The first-order valence-corrected chi connectivity index (χ1v) is 19.5. The van der Waals surface area contributed by atoms with Crippen molar-refractivity contribution in [3.05, 3.63) is 0 Å². The van der Waals surface area contributed by atoms with Crippen molar-refractivity contribution in [3.63, 3.8) is 0 Å². The maximum atomic E-state index is 11.6. The van der Waals surface area contributed by atoms with E-state index in [1.54, 1.807) is 0 Å². The van der Waals surface area contributed by atoms with Crippen LogP contribution in [0, 0.1) is 0 Å². The van der Waals surface area contributed by atoms with Crippen LogP contribution < -0.4 is 0 Å². The molecule has 0 aliphatic rings. The van der Waals surface area contributed by atoms with Gasteiger partial charge in [-0.1, -0.05) is 201 Å². The molecule has 0 atom stereocenters. The van der Waals surface area contributed by atoms with Crippen LogP contribution in [0.15, 0.2) is 0 Å². The lowest BCUT2D eigenvalue weighted by atomic mass is 10.0. The lowest BCUT2D eigenvalue weighted by Gasteiger charge is -2.05. The van der Waals surface area contributed by atoms with Crippen molar-refractivity contribution in [2.75, 3.05) is 6.61 Å². The van der Waals surface area contributed by atoms with Gasteiger partial charge in [0.25, 0.3) is 0 Å². The average Bonchev–Trinajstić information content (AvgIpc) is 3.00. The summed E-state index contributed by atoms with van der Waals surface area (Å²) in [6.07, 6.45) is 41.4. The molecule has 0 aromatic rings. The molecule has 0 aliphatic heterocycles. The predicted molar refractivity (Wildman–Crippen MR) is 188 cm³/mol. The van der Waals surface area contributed by atoms with Gasteiger partial charge < -0.3 is 9.84 Å². The number of hydrogen-bond acceptors (Lipinski definition) is 3. The quantitative estimate of drug-likeness (QED) is 0.0581. The average molecular weight is 611 g/mol. The molecule has 0 saturated carbocycles. The summed E-state index contributed by atoms with van der Waals surface area (Å²) in [4.78, 5) is 21.9. The van der Waals surface area contributed by atoms with Crippen LogP contribution in [-0.4, -0.2) is 23.7 Å². The maximum absolute atomic E-state index is 11.6. The van der Waals surface area contributed by atoms with E-state index >= 15 is 0 Å². The number of esters is 1. The molecule has 258 valence electrons. The Morgan fingerprint density at radius 2 is 0.628 bits per heavy atom. The first-order chi connectivity index (χ1) is 21.1. The third kappa shape index (κ3) is 45.5. The van der Waals surface area contributed by atoms with E-state index in [2.05, 4.69) is 20.8 Å². The van der Waals surface area contributed by atoms with Gasteiger partial charge in [-0.15, -0.1) is 0 Å². The molecule has 0 spiro atoms. The maximum Gasteiger partial charge on any atom is 0.305 e. The fourth-order valence-corrected chi connectivity index (χ4v) is 5.54. The summed E-state index contributed by atoms with van der Waals surface area (Å²) in [5.74, 6) is -0.642. The lowest BCUT2D eigenvalue weighted by molar-refractivity contribution is -0.144. The highest BCUT2D eigenvalue weighted by atomic mass is 16.5. The van der Waals surface area contributed by atoms with E-state index in [0.717, 1.165) is 25.7 Å². The number of rotatable bonds is 34. The van der Waals surface area contributed by atoms with Crippen LogP contribution in [0.3, 0.4) is 0 Å². The van der Waals surface area contributed by atoms with Gasteiger partial charge in [0.15, 0.2) is 0 Å². The van der Waals surface area contributed by atoms with Gasteiger partial charge in [0, 0.05) is 12.8 Å². The molecule has 0 aromatic carbocycles. The fraction of sp³-hybridized carbons (Fsp3) is 0.949. The molecule has 1 N–H and O–H groups in total. The number of carboxylic acid groups (broad SMARTS) is 1. The molecule has 0 fully saturated rings. The first kappa shape index (κ1) is 44.1. The fourth-order valence-electron chi connectivity index (χ4n) is 5.54. The highest BCUT2D eigenvalue weighted by Gasteiger charge is 2.02. The number of carbonyl (C=O) groups excluding carboxylic acids is 1. The minimum absolute atomic E-state index is 0.0141. The topological polar surface area (TPSA) is 63.6 Å². The van der Waals surface area contributed by atoms with Gasteiger partial charge in [-0.25, -0.2) is 0 Å². The highest BCUT2D eigenvalue weighted by molar-refractivity contribution is 5.69. The Balaban J connectivity index is 0. The smallest absolute Gasteiger partial charge is 0.305 e. The Morgan fingerprint density at radius 3 is 0.930 bits per heavy atom. The molecule has 0 rings (SSSR count). The van der Waals surface area contributed by atoms with Crippen LogP contribution in [-0.2, 0) is 14.3 Å². The van der Waals surface area contributed by atoms with Crippen LogP contribution in [0.5, 0.6) is 0 Å². The zero-order valence-electron chi connectivity index (χ0n) is 29.7. The summed E-state index contributed by atoms with van der Waals surface area (Å²) in [6, 6.07) is 0. The van der Waals surface area contributed by atoms with Crippen molar-refractivity contribution in [3.8, 4) is 0 Å². The van der Waals surface area contributed by atoms with Crippen LogP contribution in [0.25, 0.3) is 0 Å². The third-order valence-corrected chi connectivity index (χ3v) is 8.49. The molecule has 0 aromatic heterocycles. The zero-order valence-corrected chi connectivity index (χ0v) is 29.7. The molecule has 4 nitrogen and oxygen atoms in total. The molecule has 0 unspecified atom stereocenters. The Bertz CT molecular complexity index is 533. The summed E-state index contributed by atoms with van der Waals surface area (Å²) >= 11 is 0. The molecule has 0 heterocycles. The number of hydrogen-bond donors (Lipinski definition) is 1. The molecule has 0 amide bonds. The summed E-state index contributed by atoms with van der Waals surface area (Å²) in [7, 11) is 0. The van der Waals surface area contributed by atoms with Gasteiger partial charge in [-0.2, -0.15) is 0 Å². The Hall–Kier alpha value is -1.06. The van der Waals surface area contributed by atoms with Crippen molar-refractivity contribution in [1.29, 1.82) is 0 Å². The van der Waals surface area contributed by atoms with Crippen LogP contribution in [0.2, 0.25) is 0 Å². The molecular formula is C39H78O4. The van der Waals surface area contributed by atoms with Crippen LogP contribution in [0.1, 0.15) is 233 Å². The van der Waals surface area contributed by atoms with Gasteiger partial charge >= 0.3 is 11.9 Å². The van der Waals surface area contributed by atoms with Crippen molar-refractivity contribution in [2.45, 2.75) is 233 Å². The number of carboxylic acids is 1. The highest BCUT2D eigenvalue weighted by Crippen LogP contribution is 2.14. The Labute approximate surface area is 270 Å². The number of aliphatic carboxylic acids is 1. The molecule has 0 bridgehead atoms. The van der Waals surface area contributed by atoms with E-state index in [-0.39, 0.29) is 5.97 Å². The normalized spacial score (nSPS) is 10.9. The second-order valence-corrected chi connectivity index (χ2v) is 13.0. The van der Waals surface area contributed by atoms with E-state index in [9.17, 15) is 9.59 Å². The van der Waals surface area contributed by atoms with Crippen molar-refractivity contribution < 1.29 is 19.4 Å². The second-order valence-electron chi connectivity index (χ2n) is 13.0. The van der Waals surface area contributed by atoms with E-state index in [4.69, 9.17) is 9.84 Å². The van der Waals surface area contributed by atoms with Crippen LogP contribution >= 0.6 is 0 Å². The van der Waals surface area contributed by atoms with E-state index < -0.39 is 5.97 Å². The van der Waals surface area contributed by atoms with Gasteiger partial charge in [-0.3, -0.25) is 9.59 Å². The number of ether oxygens (including phenoxy) is 1. The third-order valence-electron chi connectivity index (χ3n) is 8.49. The van der Waals surface area contributed by atoms with E-state index in [1.807, 2.05) is 0 Å². The minimum atomic E-state index is -0.657. The zero-order chi connectivity index (χ0) is 31.9. The Morgan fingerprint density at radius 1 is 0.372 bits per heavy atom. The standard InChI is InChI=1S/C25H50O2.C14H28O2/c1-3-5-7-9-10-11-12-13-14-15-16-17-18-19-21-23-25(26)27-24-22-20-8-6-4-2;1-2-3-4-5-6-7-8-9-10-11-12-13-14(15)16/h3-24H2,1-2H3;2-13H2,1H3,(H,15,16). The largest absolute Gasteiger partial charge is 0.481 e. The summed E-state index contributed by atoms with van der Waals surface area (Å²) in [5, 5.41) is 8.46. The number of unbranched alkanes of at least 4 members (excludes halogenated alkanes) is 28. The van der Waals surface area contributed by atoms with Gasteiger partial charge in [0.05, 0.1) is 6.61 Å². The second kappa shape index (κ2) is 40.9. The molecule has 0 saturated heterocycles. The molecule has 4 heteroatoms. The minimum Gasteiger partial charge on any atom is -0.481 e. The predicted octanol–water partition coefficient (Wildman–Crippen LogP) is 13.5. The van der Waals surface area contributed by atoms with Gasteiger partial charge in [-0.05, 0) is 19.3 Å². The van der Waals surface area contributed by atoms with Crippen molar-refractivity contribution >= 4 is 11.9 Å².